The van der Waals surface area contributed by atoms with Crippen LogP contribution in [0.5, 0.6) is 0 Å². The standard InChI is InChI=1S/C16H24N4O2.ClH/c1-18-8-4-5-15(21)19-13-11-12(16(17)22)6-7-14(13)20-9-2-3-10-20;/h6-7,11,18H,2-5,8-10H2,1H3,(H2,17,22)(H,19,21);1H. The van der Waals surface area contributed by atoms with Crippen molar-refractivity contribution in [2.45, 2.75) is 25.7 Å². The SMILES string of the molecule is CNCCCC(=O)Nc1cc(C(N)=O)ccc1N1CCCC1.Cl. The maximum atomic E-state index is 12.1. The summed E-state index contributed by atoms with van der Waals surface area (Å²) in [6, 6.07) is 5.26. The number of benzene rings is 1. The summed E-state index contributed by atoms with van der Waals surface area (Å²) in [6.07, 6.45) is 3.51. The lowest BCUT2D eigenvalue weighted by Crippen LogP contribution is -2.22. The molecule has 0 unspecified atom stereocenters. The molecule has 7 heteroatoms. The minimum atomic E-state index is -0.487. The number of nitrogens with zero attached hydrogens (tertiary/aromatic N) is 1. The van der Waals surface area contributed by atoms with E-state index in [-0.39, 0.29) is 18.3 Å². The van der Waals surface area contributed by atoms with Crippen LogP contribution in [-0.2, 0) is 4.79 Å². The summed E-state index contributed by atoms with van der Waals surface area (Å²) in [6.45, 7) is 2.74. The van der Waals surface area contributed by atoms with E-state index in [1.165, 1.54) is 0 Å². The van der Waals surface area contributed by atoms with E-state index in [2.05, 4.69) is 15.5 Å². The third-order valence-corrected chi connectivity index (χ3v) is 3.83. The predicted octanol–water partition coefficient (Wildman–Crippen LogP) is 1.75. The summed E-state index contributed by atoms with van der Waals surface area (Å²) in [7, 11) is 1.86. The monoisotopic (exact) mass is 340 g/mol. The summed E-state index contributed by atoms with van der Waals surface area (Å²) in [5.41, 5.74) is 7.39. The first-order valence-electron chi connectivity index (χ1n) is 7.75. The molecule has 0 saturated carbocycles. The van der Waals surface area contributed by atoms with Crippen LogP contribution in [0.25, 0.3) is 0 Å². The van der Waals surface area contributed by atoms with Gasteiger partial charge >= 0.3 is 0 Å². The Morgan fingerprint density at radius 2 is 1.96 bits per heavy atom. The molecular weight excluding hydrogens is 316 g/mol. The number of nitrogens with one attached hydrogen (secondary N) is 2. The van der Waals surface area contributed by atoms with Gasteiger partial charge in [-0.25, -0.2) is 0 Å². The smallest absolute Gasteiger partial charge is 0.248 e. The number of hydrogen-bond donors (Lipinski definition) is 3. The van der Waals surface area contributed by atoms with Crippen LogP contribution in [0.15, 0.2) is 18.2 Å². The predicted molar refractivity (Wildman–Crippen MR) is 95.4 cm³/mol. The Balaban J connectivity index is 0.00000264. The van der Waals surface area contributed by atoms with Crippen LogP contribution >= 0.6 is 12.4 Å². The van der Waals surface area contributed by atoms with Gasteiger partial charge in [0, 0.05) is 25.1 Å². The van der Waals surface area contributed by atoms with Gasteiger partial charge in [0.05, 0.1) is 11.4 Å². The number of amides is 2. The van der Waals surface area contributed by atoms with Crippen LogP contribution in [0.3, 0.4) is 0 Å². The van der Waals surface area contributed by atoms with Gasteiger partial charge in [-0.3, -0.25) is 9.59 Å². The zero-order chi connectivity index (χ0) is 15.9. The van der Waals surface area contributed by atoms with Gasteiger partial charge < -0.3 is 21.3 Å². The summed E-state index contributed by atoms with van der Waals surface area (Å²) < 4.78 is 0. The first-order valence-corrected chi connectivity index (χ1v) is 7.75. The number of hydrogen-bond acceptors (Lipinski definition) is 4. The molecule has 128 valence electrons. The molecule has 1 aliphatic rings. The molecule has 1 heterocycles. The molecule has 6 nitrogen and oxygen atoms in total. The van der Waals surface area contributed by atoms with Crippen molar-refractivity contribution in [3.8, 4) is 0 Å². The van der Waals surface area contributed by atoms with E-state index in [1.807, 2.05) is 13.1 Å². The highest BCUT2D eigenvalue weighted by Gasteiger charge is 2.18. The molecule has 0 aliphatic carbocycles. The second-order valence-corrected chi connectivity index (χ2v) is 5.55. The van der Waals surface area contributed by atoms with Crippen LogP contribution in [-0.4, -0.2) is 38.5 Å². The number of carbonyl (C=O) groups excluding carboxylic acids is 2. The van der Waals surface area contributed by atoms with E-state index in [4.69, 9.17) is 5.73 Å². The van der Waals surface area contributed by atoms with Crippen molar-refractivity contribution >= 4 is 35.6 Å². The molecule has 1 fully saturated rings. The summed E-state index contributed by atoms with van der Waals surface area (Å²) >= 11 is 0. The molecule has 0 radical (unpaired) electrons. The van der Waals surface area contributed by atoms with Crippen LogP contribution in [0.1, 0.15) is 36.0 Å². The van der Waals surface area contributed by atoms with Crippen molar-refractivity contribution in [3.63, 3.8) is 0 Å². The fourth-order valence-corrected chi connectivity index (χ4v) is 2.66. The van der Waals surface area contributed by atoms with Crippen LogP contribution in [0, 0.1) is 0 Å². The second kappa shape index (κ2) is 9.37. The number of primary amides is 1. The normalized spacial score (nSPS) is 13.5. The maximum Gasteiger partial charge on any atom is 0.248 e. The van der Waals surface area contributed by atoms with Gasteiger partial charge in [0.2, 0.25) is 11.8 Å². The van der Waals surface area contributed by atoms with Crippen molar-refractivity contribution in [1.29, 1.82) is 0 Å². The lowest BCUT2D eigenvalue weighted by molar-refractivity contribution is -0.116. The molecule has 0 spiro atoms. The first kappa shape index (κ1) is 19.3. The minimum absolute atomic E-state index is 0. The zero-order valence-electron chi connectivity index (χ0n) is 13.4. The molecule has 0 bridgehead atoms. The highest BCUT2D eigenvalue weighted by atomic mass is 35.5. The molecule has 1 aromatic carbocycles. The molecule has 0 aromatic heterocycles. The minimum Gasteiger partial charge on any atom is -0.370 e. The number of halogens is 1. The van der Waals surface area contributed by atoms with E-state index < -0.39 is 5.91 Å². The Morgan fingerprint density at radius 1 is 1.26 bits per heavy atom. The summed E-state index contributed by atoms with van der Waals surface area (Å²) in [5, 5.41) is 5.94. The Hall–Kier alpha value is -1.79. The number of carbonyl (C=O) groups is 2. The summed E-state index contributed by atoms with van der Waals surface area (Å²) in [5.74, 6) is -0.532. The Bertz CT molecular complexity index is 545. The fourth-order valence-electron chi connectivity index (χ4n) is 2.66. The van der Waals surface area contributed by atoms with E-state index in [0.29, 0.717) is 17.7 Å². The van der Waals surface area contributed by atoms with E-state index >= 15 is 0 Å². The quantitative estimate of drug-likeness (QED) is 0.660. The number of nitrogens with two attached hydrogens (primary N) is 1. The molecular formula is C16H25ClN4O2. The maximum absolute atomic E-state index is 12.1. The average Bonchev–Trinajstić information content (AvgIpc) is 3.01. The average molecular weight is 341 g/mol. The first-order chi connectivity index (χ1) is 10.6. The van der Waals surface area contributed by atoms with E-state index in [9.17, 15) is 9.59 Å². The summed E-state index contributed by atoms with van der Waals surface area (Å²) in [4.78, 5) is 25.7. The zero-order valence-corrected chi connectivity index (χ0v) is 14.2. The third-order valence-electron chi connectivity index (χ3n) is 3.83. The molecule has 1 saturated heterocycles. The topological polar surface area (TPSA) is 87.5 Å². The Labute approximate surface area is 143 Å². The van der Waals surface area contributed by atoms with Crippen LogP contribution < -0.4 is 21.3 Å². The van der Waals surface area contributed by atoms with Crippen molar-refractivity contribution in [2.75, 3.05) is 36.9 Å². The fraction of sp³-hybridized carbons (Fsp3) is 0.500. The second-order valence-electron chi connectivity index (χ2n) is 5.55. The highest BCUT2D eigenvalue weighted by molar-refractivity contribution is 5.99. The molecule has 1 aromatic rings. The van der Waals surface area contributed by atoms with Gasteiger partial charge in [0.1, 0.15) is 0 Å². The van der Waals surface area contributed by atoms with E-state index in [1.54, 1.807) is 12.1 Å². The molecule has 2 rings (SSSR count). The van der Waals surface area contributed by atoms with Crippen molar-refractivity contribution in [1.82, 2.24) is 5.32 Å². The van der Waals surface area contributed by atoms with Gasteiger partial charge in [-0.2, -0.15) is 0 Å². The molecule has 1 aliphatic heterocycles. The van der Waals surface area contributed by atoms with Crippen LogP contribution in [0.2, 0.25) is 0 Å². The van der Waals surface area contributed by atoms with Crippen molar-refractivity contribution < 1.29 is 9.59 Å². The van der Waals surface area contributed by atoms with Gasteiger partial charge in [-0.05, 0) is 51.1 Å². The third kappa shape index (κ3) is 5.41. The van der Waals surface area contributed by atoms with Crippen molar-refractivity contribution in [2.24, 2.45) is 5.73 Å². The van der Waals surface area contributed by atoms with Crippen molar-refractivity contribution in [3.05, 3.63) is 23.8 Å². The number of rotatable bonds is 7. The molecule has 4 N–H and O–H groups in total. The molecule has 2 amide bonds. The lowest BCUT2D eigenvalue weighted by atomic mass is 10.1. The lowest BCUT2D eigenvalue weighted by Gasteiger charge is -2.22. The molecule has 0 atom stereocenters. The van der Waals surface area contributed by atoms with Gasteiger partial charge in [0.25, 0.3) is 0 Å². The van der Waals surface area contributed by atoms with Crippen LogP contribution in [0.4, 0.5) is 11.4 Å². The van der Waals surface area contributed by atoms with E-state index in [0.717, 1.165) is 44.6 Å². The molecule has 23 heavy (non-hydrogen) atoms. The largest absolute Gasteiger partial charge is 0.370 e. The Kier molecular flexibility index (Phi) is 7.85. The van der Waals surface area contributed by atoms with Gasteiger partial charge in [0.15, 0.2) is 0 Å². The van der Waals surface area contributed by atoms with Gasteiger partial charge in [-0.1, -0.05) is 0 Å². The number of anilines is 2. The Morgan fingerprint density at radius 3 is 2.57 bits per heavy atom. The highest BCUT2D eigenvalue weighted by Crippen LogP contribution is 2.30. The van der Waals surface area contributed by atoms with Gasteiger partial charge in [-0.15, -0.1) is 12.4 Å².